The second-order valence-corrected chi connectivity index (χ2v) is 15.2. The molecule has 0 aliphatic heterocycles. The highest BCUT2D eigenvalue weighted by Crippen LogP contribution is 2.21. The molecule has 4 rings (SSSR count). The van der Waals surface area contributed by atoms with Gasteiger partial charge < -0.3 is 0 Å². The molecule has 3 nitrogen and oxygen atoms in total. The van der Waals surface area contributed by atoms with Crippen molar-refractivity contribution in [1.82, 2.24) is 4.98 Å². The summed E-state index contributed by atoms with van der Waals surface area (Å²) in [4.78, 5) is 13.9. The summed E-state index contributed by atoms with van der Waals surface area (Å²) in [6, 6.07) is 31.2. The minimum absolute atomic E-state index is 1.05. The average Bonchev–Trinajstić information content (AvgIpc) is 3.24. The minimum atomic E-state index is 1.05. The molecule has 0 radical (unpaired) electrons. The Kier molecular flexibility index (Phi) is 29.7. The Morgan fingerprint density at radius 3 is 1.66 bits per heavy atom. The van der Waals surface area contributed by atoms with Gasteiger partial charge >= 0.3 is 0 Å². The van der Waals surface area contributed by atoms with E-state index >= 15 is 0 Å². The van der Waals surface area contributed by atoms with Gasteiger partial charge in [0.2, 0.25) is 0 Å². The van der Waals surface area contributed by atoms with Gasteiger partial charge in [-0.25, -0.2) is 0 Å². The van der Waals surface area contributed by atoms with E-state index in [0.29, 0.717) is 0 Å². The maximum Gasteiger partial charge on any atom is 0.0705 e. The van der Waals surface area contributed by atoms with Crippen molar-refractivity contribution in [2.24, 2.45) is 9.98 Å². The number of para-hydroxylation sites is 3. The van der Waals surface area contributed by atoms with Gasteiger partial charge in [-0.1, -0.05) is 179 Å². The topological polar surface area (TPSA) is 37.6 Å². The molecular formula is C53H79N3. The minimum Gasteiger partial charge on any atom is -0.261 e. The highest BCUT2D eigenvalue weighted by Gasteiger charge is 2.07. The van der Waals surface area contributed by atoms with E-state index in [1.807, 2.05) is 54.7 Å². The standard InChI is InChI=1S/C20H29N.C20H31N.C13H19N/c1-3-5-7-9-14-19-17(12-8-6-4-2)16-18-13-10-11-15-20(18)21-19;1-3-5-7-8-11-15-19(14-10-6-4-2)18-21-20-16-12-9-13-17-20;1-2-3-4-5-9-12-14-13-10-7-6-8-11-13/h10-11,13,15-16H,3-9,12,14H2,1-2H3;9,12-13,15-18H,3-8,10-11,14H2,1-2H3;6-8,10-12H,2-5,9H2,1H3/b;19-15-,21-18?;. The molecular weight excluding hydrogens is 679 g/mol. The summed E-state index contributed by atoms with van der Waals surface area (Å²) in [7, 11) is 0. The quantitative estimate of drug-likeness (QED) is 0.0464. The second kappa shape index (κ2) is 34.4. The average molecular weight is 758 g/mol. The molecule has 3 heteroatoms. The van der Waals surface area contributed by atoms with Crippen LogP contribution in [-0.2, 0) is 12.8 Å². The summed E-state index contributed by atoms with van der Waals surface area (Å²) >= 11 is 0. The van der Waals surface area contributed by atoms with Crippen molar-refractivity contribution < 1.29 is 0 Å². The van der Waals surface area contributed by atoms with Crippen molar-refractivity contribution in [3.63, 3.8) is 0 Å². The molecule has 0 spiro atoms. The van der Waals surface area contributed by atoms with E-state index < -0.39 is 0 Å². The summed E-state index contributed by atoms with van der Waals surface area (Å²) < 4.78 is 0. The van der Waals surface area contributed by atoms with Crippen LogP contribution in [0.5, 0.6) is 0 Å². The molecule has 0 aliphatic carbocycles. The van der Waals surface area contributed by atoms with Gasteiger partial charge in [-0.05, 0) is 112 Å². The Morgan fingerprint density at radius 1 is 0.500 bits per heavy atom. The van der Waals surface area contributed by atoms with Crippen molar-refractivity contribution >= 4 is 34.7 Å². The van der Waals surface area contributed by atoms with Crippen LogP contribution in [0.25, 0.3) is 10.9 Å². The number of rotatable bonds is 26. The molecule has 0 aliphatic rings. The molecule has 0 saturated heterocycles. The molecule has 306 valence electrons. The number of hydrogen-bond donors (Lipinski definition) is 0. The lowest BCUT2D eigenvalue weighted by Crippen LogP contribution is -2.00. The molecule has 0 atom stereocenters. The van der Waals surface area contributed by atoms with Crippen LogP contribution in [0.3, 0.4) is 0 Å². The third-order valence-electron chi connectivity index (χ3n) is 10.1. The van der Waals surface area contributed by atoms with Crippen LogP contribution in [0.1, 0.15) is 181 Å². The van der Waals surface area contributed by atoms with Gasteiger partial charge in [0.1, 0.15) is 0 Å². The smallest absolute Gasteiger partial charge is 0.0705 e. The number of unbranched alkanes of at least 4 members (excludes halogenated alkanes) is 15. The lowest BCUT2D eigenvalue weighted by atomic mass is 9.99. The molecule has 0 saturated carbocycles. The predicted octanol–water partition coefficient (Wildman–Crippen LogP) is 17.3. The summed E-state index contributed by atoms with van der Waals surface area (Å²) in [5.74, 6) is 0. The summed E-state index contributed by atoms with van der Waals surface area (Å²) in [6.07, 6.45) is 35.9. The molecule has 0 amide bonds. The van der Waals surface area contributed by atoms with Crippen molar-refractivity contribution in [3.05, 3.63) is 114 Å². The van der Waals surface area contributed by atoms with Crippen molar-refractivity contribution in [1.29, 1.82) is 0 Å². The van der Waals surface area contributed by atoms with Crippen molar-refractivity contribution in [2.45, 2.75) is 182 Å². The first-order valence-electron chi connectivity index (χ1n) is 22.9. The van der Waals surface area contributed by atoms with Crippen molar-refractivity contribution in [2.75, 3.05) is 0 Å². The van der Waals surface area contributed by atoms with Crippen LogP contribution in [0, 0.1) is 0 Å². The third-order valence-corrected chi connectivity index (χ3v) is 10.1. The maximum absolute atomic E-state index is 4.95. The van der Waals surface area contributed by atoms with Gasteiger partial charge in [0, 0.05) is 23.5 Å². The molecule has 0 unspecified atom stereocenters. The van der Waals surface area contributed by atoms with Crippen LogP contribution < -0.4 is 0 Å². The number of fused-ring (bicyclic) bond motifs is 1. The van der Waals surface area contributed by atoms with Gasteiger partial charge in [-0.15, -0.1) is 0 Å². The normalized spacial score (nSPS) is 11.5. The van der Waals surface area contributed by atoms with Crippen LogP contribution in [0.15, 0.2) is 113 Å². The molecule has 4 aromatic rings. The fraction of sp³-hybridized carbons (Fsp3) is 0.528. The summed E-state index contributed by atoms with van der Waals surface area (Å²) in [6.45, 7) is 11.3. The SMILES string of the molecule is CCCCCC/C=C(\C=Nc1ccccc1)CCCCC.CCCCCCC=Nc1ccccc1.CCCCCCc1nc2ccccc2cc1CCCCC. The van der Waals surface area contributed by atoms with Crippen LogP contribution in [0.2, 0.25) is 0 Å². The van der Waals surface area contributed by atoms with E-state index in [9.17, 15) is 0 Å². The number of benzene rings is 3. The van der Waals surface area contributed by atoms with Gasteiger partial charge in [0.15, 0.2) is 0 Å². The zero-order chi connectivity index (χ0) is 40.2. The van der Waals surface area contributed by atoms with E-state index in [2.05, 4.69) is 99.4 Å². The number of aryl methyl sites for hydroxylation is 2. The van der Waals surface area contributed by atoms with Gasteiger partial charge in [0.05, 0.1) is 16.9 Å². The first kappa shape index (κ1) is 48.3. The highest BCUT2D eigenvalue weighted by molar-refractivity contribution is 5.81. The summed E-state index contributed by atoms with van der Waals surface area (Å²) in [5, 5.41) is 1.29. The van der Waals surface area contributed by atoms with E-state index in [-0.39, 0.29) is 0 Å². The number of nitrogens with zero attached hydrogens (tertiary/aromatic N) is 3. The first-order chi connectivity index (χ1) is 27.6. The zero-order valence-corrected chi connectivity index (χ0v) is 36.5. The van der Waals surface area contributed by atoms with E-state index in [4.69, 9.17) is 4.98 Å². The van der Waals surface area contributed by atoms with Gasteiger partial charge in [-0.3, -0.25) is 15.0 Å². The monoisotopic (exact) mass is 758 g/mol. The molecule has 0 fully saturated rings. The predicted molar refractivity (Wildman–Crippen MR) is 252 cm³/mol. The number of aromatic nitrogens is 1. The van der Waals surface area contributed by atoms with Crippen LogP contribution >= 0.6 is 0 Å². The van der Waals surface area contributed by atoms with E-state index in [0.717, 1.165) is 36.2 Å². The Balaban J connectivity index is 0.000000297. The van der Waals surface area contributed by atoms with Gasteiger partial charge in [-0.2, -0.15) is 0 Å². The Bertz CT molecular complexity index is 1570. The first-order valence-corrected chi connectivity index (χ1v) is 22.9. The van der Waals surface area contributed by atoms with Crippen LogP contribution in [0.4, 0.5) is 11.4 Å². The third kappa shape index (κ3) is 23.9. The Labute approximate surface area is 344 Å². The molecule has 1 aromatic heterocycles. The summed E-state index contributed by atoms with van der Waals surface area (Å²) in [5.41, 5.74) is 7.50. The van der Waals surface area contributed by atoms with E-state index in [1.54, 1.807) is 0 Å². The van der Waals surface area contributed by atoms with Crippen LogP contribution in [-0.4, -0.2) is 17.4 Å². The maximum atomic E-state index is 4.95. The highest BCUT2D eigenvalue weighted by atomic mass is 14.7. The van der Waals surface area contributed by atoms with Gasteiger partial charge in [0.25, 0.3) is 0 Å². The molecule has 0 bridgehead atoms. The lowest BCUT2D eigenvalue weighted by molar-refractivity contribution is 0.653. The van der Waals surface area contributed by atoms with Crippen molar-refractivity contribution in [3.8, 4) is 0 Å². The fourth-order valence-electron chi connectivity index (χ4n) is 6.59. The Morgan fingerprint density at radius 2 is 1.02 bits per heavy atom. The molecule has 0 N–H and O–H groups in total. The molecule has 3 aromatic carbocycles. The number of hydrogen-bond acceptors (Lipinski definition) is 3. The fourth-order valence-corrected chi connectivity index (χ4v) is 6.59. The zero-order valence-electron chi connectivity index (χ0n) is 36.5. The molecule has 1 heterocycles. The number of aliphatic imine (C=N–C) groups is 2. The molecule has 56 heavy (non-hydrogen) atoms. The lowest BCUT2D eigenvalue weighted by Gasteiger charge is -2.11. The second-order valence-electron chi connectivity index (χ2n) is 15.2. The van der Waals surface area contributed by atoms with E-state index in [1.165, 1.54) is 151 Å². The number of pyridine rings is 1. The largest absolute Gasteiger partial charge is 0.261 e. The Hall–Kier alpha value is -3.85. The number of allylic oxidation sites excluding steroid dienone is 2.